The summed E-state index contributed by atoms with van der Waals surface area (Å²) in [5.74, 6) is 1.82. The van der Waals surface area contributed by atoms with Crippen LogP contribution in [0, 0.1) is 11.8 Å². The molecule has 2 unspecified atom stereocenters. The van der Waals surface area contributed by atoms with Gasteiger partial charge in [0.05, 0.1) is 6.10 Å². The monoisotopic (exact) mass is 198 g/mol. The number of hydrogen-bond acceptors (Lipinski definition) is 1. The van der Waals surface area contributed by atoms with Crippen LogP contribution in [-0.4, -0.2) is 18.6 Å². The van der Waals surface area contributed by atoms with E-state index in [-0.39, 0.29) is 0 Å². The average molecular weight is 199 g/mol. The van der Waals surface area contributed by atoms with Gasteiger partial charge >= 0.3 is 0 Å². The number of allylic oxidation sites excluding steroid dienone is 4. The minimum Gasteiger partial charge on any atom is -0.378 e. The third kappa shape index (κ3) is 2.15. The van der Waals surface area contributed by atoms with Crippen molar-refractivity contribution in [2.24, 2.45) is 11.8 Å². The molecule has 0 bridgehead atoms. The van der Waals surface area contributed by atoms with Crippen LogP contribution in [-0.2, 0) is 4.74 Å². The fraction of sp³-hybridized carbons (Fsp3) is 0.636. The Morgan fingerprint density at radius 2 is 1.92 bits per heavy atom. The molecular weight excluding hydrogens is 184 g/mol. The van der Waals surface area contributed by atoms with Crippen molar-refractivity contribution >= 4 is 11.6 Å². The zero-order valence-electron chi connectivity index (χ0n) is 7.66. The quantitative estimate of drug-likeness (QED) is 0.634. The number of rotatable bonds is 3. The fourth-order valence-corrected chi connectivity index (χ4v) is 2.22. The molecule has 0 aromatic rings. The van der Waals surface area contributed by atoms with Gasteiger partial charge in [0.1, 0.15) is 0 Å². The van der Waals surface area contributed by atoms with E-state index in [0.717, 1.165) is 18.9 Å². The normalized spacial score (nSPS) is 37.5. The molecular formula is C11H15ClO. The summed E-state index contributed by atoms with van der Waals surface area (Å²) in [4.78, 5) is 0. The summed E-state index contributed by atoms with van der Waals surface area (Å²) in [6, 6.07) is 0. The Kier molecular flexibility index (Phi) is 3.07. The SMILES string of the molecule is ClC[C@H]1C=CC=CC1CC1CCO1. The molecule has 2 rings (SSSR count). The van der Waals surface area contributed by atoms with Crippen molar-refractivity contribution in [1.29, 1.82) is 0 Å². The van der Waals surface area contributed by atoms with Crippen LogP contribution in [0.25, 0.3) is 0 Å². The van der Waals surface area contributed by atoms with Crippen LogP contribution in [0.15, 0.2) is 24.3 Å². The topological polar surface area (TPSA) is 9.23 Å². The van der Waals surface area contributed by atoms with E-state index in [0.29, 0.717) is 17.9 Å². The van der Waals surface area contributed by atoms with Crippen molar-refractivity contribution in [3.8, 4) is 0 Å². The van der Waals surface area contributed by atoms with Crippen LogP contribution in [0.4, 0.5) is 0 Å². The Hall–Kier alpha value is -0.270. The molecule has 0 amide bonds. The van der Waals surface area contributed by atoms with E-state index in [4.69, 9.17) is 16.3 Å². The predicted octanol–water partition coefficient (Wildman–Crippen LogP) is 2.76. The second-order valence-corrected chi connectivity index (χ2v) is 4.08. The summed E-state index contributed by atoms with van der Waals surface area (Å²) in [7, 11) is 0. The van der Waals surface area contributed by atoms with Crippen molar-refractivity contribution in [1.82, 2.24) is 0 Å². The van der Waals surface area contributed by atoms with Gasteiger partial charge in [-0.15, -0.1) is 11.6 Å². The molecule has 0 saturated carbocycles. The zero-order chi connectivity index (χ0) is 9.10. The second-order valence-electron chi connectivity index (χ2n) is 3.77. The second kappa shape index (κ2) is 4.30. The summed E-state index contributed by atoms with van der Waals surface area (Å²) in [5, 5.41) is 0. The third-order valence-corrected chi connectivity index (χ3v) is 3.24. The van der Waals surface area contributed by atoms with Crippen molar-refractivity contribution in [2.45, 2.75) is 18.9 Å². The van der Waals surface area contributed by atoms with E-state index in [9.17, 15) is 0 Å². The summed E-state index contributed by atoms with van der Waals surface area (Å²) in [6.45, 7) is 0.947. The molecule has 2 heteroatoms. The van der Waals surface area contributed by atoms with Gasteiger partial charge in [0.25, 0.3) is 0 Å². The standard InChI is InChI=1S/C11H15ClO/c12-8-10-4-2-1-3-9(10)7-11-5-6-13-11/h1-4,9-11H,5-8H2/t9?,10-,11?/m1/s1. The molecule has 1 nitrogen and oxygen atoms in total. The first-order valence-corrected chi connectivity index (χ1v) is 5.46. The lowest BCUT2D eigenvalue weighted by Crippen LogP contribution is -2.31. The lowest BCUT2D eigenvalue weighted by atomic mass is 9.84. The summed E-state index contributed by atoms with van der Waals surface area (Å²) in [5.41, 5.74) is 0. The highest BCUT2D eigenvalue weighted by molar-refractivity contribution is 6.18. The molecule has 2 aliphatic rings. The molecule has 0 spiro atoms. The predicted molar refractivity (Wildman–Crippen MR) is 55.0 cm³/mol. The number of ether oxygens (including phenoxy) is 1. The fourth-order valence-electron chi connectivity index (χ4n) is 1.89. The van der Waals surface area contributed by atoms with Gasteiger partial charge in [-0.3, -0.25) is 0 Å². The minimum absolute atomic E-state index is 0.492. The highest BCUT2D eigenvalue weighted by Gasteiger charge is 2.25. The van der Waals surface area contributed by atoms with Gasteiger partial charge in [0.2, 0.25) is 0 Å². The summed E-state index contributed by atoms with van der Waals surface area (Å²) in [6.07, 6.45) is 11.5. The first-order chi connectivity index (χ1) is 6.40. The molecule has 1 heterocycles. The van der Waals surface area contributed by atoms with Crippen molar-refractivity contribution < 1.29 is 4.74 Å². The van der Waals surface area contributed by atoms with Crippen molar-refractivity contribution in [3.63, 3.8) is 0 Å². The Morgan fingerprint density at radius 3 is 2.46 bits per heavy atom. The van der Waals surface area contributed by atoms with Gasteiger partial charge in [-0.2, -0.15) is 0 Å². The van der Waals surface area contributed by atoms with E-state index in [1.165, 1.54) is 6.42 Å². The maximum absolute atomic E-state index is 5.89. The van der Waals surface area contributed by atoms with E-state index in [2.05, 4.69) is 24.3 Å². The van der Waals surface area contributed by atoms with Crippen LogP contribution in [0.2, 0.25) is 0 Å². The number of alkyl halides is 1. The van der Waals surface area contributed by atoms with E-state index in [1.54, 1.807) is 0 Å². The maximum Gasteiger partial charge on any atom is 0.0602 e. The first-order valence-electron chi connectivity index (χ1n) is 4.92. The van der Waals surface area contributed by atoms with Gasteiger partial charge in [0.15, 0.2) is 0 Å². The largest absolute Gasteiger partial charge is 0.378 e. The van der Waals surface area contributed by atoms with Crippen LogP contribution in [0.5, 0.6) is 0 Å². The van der Waals surface area contributed by atoms with Crippen LogP contribution in [0.1, 0.15) is 12.8 Å². The Bertz CT molecular complexity index is 218. The van der Waals surface area contributed by atoms with Gasteiger partial charge in [-0.05, 0) is 24.7 Å². The highest BCUT2D eigenvalue weighted by atomic mass is 35.5. The van der Waals surface area contributed by atoms with E-state index < -0.39 is 0 Å². The lowest BCUT2D eigenvalue weighted by molar-refractivity contribution is -0.0617. The van der Waals surface area contributed by atoms with Crippen molar-refractivity contribution in [3.05, 3.63) is 24.3 Å². The molecule has 0 aromatic heterocycles. The molecule has 72 valence electrons. The Labute approximate surface area is 84.4 Å². The molecule has 1 aliphatic carbocycles. The van der Waals surface area contributed by atoms with Gasteiger partial charge in [-0.1, -0.05) is 24.3 Å². The zero-order valence-corrected chi connectivity index (χ0v) is 8.41. The minimum atomic E-state index is 0.492. The lowest BCUT2D eigenvalue weighted by Gasteiger charge is -2.32. The van der Waals surface area contributed by atoms with Gasteiger partial charge in [-0.25, -0.2) is 0 Å². The summed E-state index contributed by atoms with van der Waals surface area (Å²) < 4.78 is 5.43. The molecule has 0 N–H and O–H groups in total. The van der Waals surface area contributed by atoms with Gasteiger partial charge < -0.3 is 4.74 Å². The van der Waals surface area contributed by atoms with Crippen LogP contribution < -0.4 is 0 Å². The Morgan fingerprint density at radius 1 is 1.23 bits per heavy atom. The number of halogens is 1. The van der Waals surface area contributed by atoms with Gasteiger partial charge in [0, 0.05) is 12.5 Å². The maximum atomic E-state index is 5.89. The van der Waals surface area contributed by atoms with E-state index in [1.807, 2.05) is 0 Å². The van der Waals surface area contributed by atoms with E-state index >= 15 is 0 Å². The molecule has 0 aromatic carbocycles. The average Bonchev–Trinajstić information content (AvgIpc) is 2.12. The third-order valence-electron chi connectivity index (χ3n) is 2.88. The Balaban J connectivity index is 1.88. The molecule has 3 atom stereocenters. The molecule has 13 heavy (non-hydrogen) atoms. The molecule has 1 aliphatic heterocycles. The molecule has 1 saturated heterocycles. The van der Waals surface area contributed by atoms with Crippen LogP contribution >= 0.6 is 11.6 Å². The highest BCUT2D eigenvalue weighted by Crippen LogP contribution is 2.29. The summed E-state index contributed by atoms with van der Waals surface area (Å²) >= 11 is 5.89. The van der Waals surface area contributed by atoms with Crippen LogP contribution in [0.3, 0.4) is 0 Å². The van der Waals surface area contributed by atoms with Crippen molar-refractivity contribution in [2.75, 3.05) is 12.5 Å². The molecule has 1 fully saturated rings. The number of hydrogen-bond donors (Lipinski definition) is 0. The molecule has 0 radical (unpaired) electrons. The first kappa shape index (κ1) is 9.29. The smallest absolute Gasteiger partial charge is 0.0602 e.